The van der Waals surface area contributed by atoms with E-state index in [1.165, 1.54) is 24.8 Å². The van der Waals surface area contributed by atoms with Crippen LogP contribution in [0.2, 0.25) is 10.6 Å². The van der Waals surface area contributed by atoms with Crippen LogP contribution in [0, 0.1) is 41.5 Å². The van der Waals surface area contributed by atoms with Gasteiger partial charge in [-0.3, -0.25) is 0 Å². The molecule has 0 aliphatic heterocycles. The Morgan fingerprint density at radius 3 is 1.29 bits per heavy atom. The van der Waals surface area contributed by atoms with Crippen molar-refractivity contribution in [3.05, 3.63) is 116 Å². The molecule has 16 heteroatoms. The number of aromatic nitrogens is 8. The van der Waals surface area contributed by atoms with E-state index in [1.54, 1.807) is 21.5 Å². The molecule has 268 valence electrons. The summed E-state index contributed by atoms with van der Waals surface area (Å²) in [6.07, 6.45) is 6.06. The number of hydrogen-bond donors (Lipinski definition) is 0. The normalized spacial score (nSPS) is 11.1. The number of halogens is 2. The van der Waals surface area contributed by atoms with Crippen molar-refractivity contribution in [2.24, 2.45) is 24.4 Å². The fourth-order valence-corrected chi connectivity index (χ4v) is 5.34. The van der Waals surface area contributed by atoms with Crippen LogP contribution in [0.4, 0.5) is 0 Å². The van der Waals surface area contributed by atoms with Gasteiger partial charge in [-0.2, -0.15) is 20.2 Å². The zero-order valence-electron chi connectivity index (χ0n) is 29.8. The average Bonchev–Trinajstić information content (AvgIpc) is 3.47. The van der Waals surface area contributed by atoms with E-state index in [0.717, 1.165) is 45.1 Å². The van der Waals surface area contributed by atoms with Crippen LogP contribution in [-0.2, 0) is 14.1 Å². The molecule has 0 spiro atoms. The lowest BCUT2D eigenvalue weighted by atomic mass is 10.1. The second-order valence-corrected chi connectivity index (χ2v) is 12.4. The highest BCUT2D eigenvalue weighted by atomic mass is 35.5. The van der Waals surface area contributed by atoms with Crippen LogP contribution >= 0.6 is 23.2 Å². The maximum absolute atomic E-state index is 6.05. The lowest BCUT2D eigenvalue weighted by Gasteiger charge is -2.09. The quantitative estimate of drug-likeness (QED) is 0.0768. The molecule has 0 fully saturated rings. The molecule has 0 bridgehead atoms. The van der Waals surface area contributed by atoms with Crippen molar-refractivity contribution in [3.8, 4) is 35.0 Å². The van der Waals surface area contributed by atoms with Crippen molar-refractivity contribution in [1.82, 2.24) is 39.5 Å². The van der Waals surface area contributed by atoms with Gasteiger partial charge in [-0.25, -0.2) is 19.3 Å². The van der Waals surface area contributed by atoms with E-state index in [1.807, 2.05) is 79.9 Å². The molecule has 6 aromatic rings. The standard InChI is InChI=1S/2C18H18ClN5O2/c2*1-11-7-12(2)9-14(8-11)25-17-15(13(3)23-24(17)4)10-21-26-16-5-6-20-18(19)22-16/h2*5-10H,1-4H3/b2*21-10+. The number of ether oxygens (including phenoxy) is 2. The summed E-state index contributed by atoms with van der Waals surface area (Å²) in [6.45, 7) is 11.8. The van der Waals surface area contributed by atoms with E-state index < -0.39 is 0 Å². The molecule has 0 radical (unpaired) electrons. The predicted octanol–water partition coefficient (Wildman–Crippen LogP) is 7.99. The average molecular weight is 744 g/mol. The van der Waals surface area contributed by atoms with Crippen molar-refractivity contribution in [1.29, 1.82) is 0 Å². The lowest BCUT2D eigenvalue weighted by molar-refractivity contribution is 0.329. The molecule has 52 heavy (non-hydrogen) atoms. The summed E-state index contributed by atoms with van der Waals surface area (Å²) in [4.78, 5) is 25.9. The SMILES string of the molecule is Cc1cc(C)cc(Oc2c(/C=N/Oc3ccnc(Cl)n3)c(C)nn2C)c1.Cc1cc(C)cc(Oc2c(/C=N/Oc3ccnc(Cl)n3)c(C)nn2C)c1. The first-order valence-electron chi connectivity index (χ1n) is 15.8. The maximum atomic E-state index is 6.05. The maximum Gasteiger partial charge on any atom is 0.252 e. The highest BCUT2D eigenvalue weighted by molar-refractivity contribution is 6.28. The zero-order valence-corrected chi connectivity index (χ0v) is 31.3. The van der Waals surface area contributed by atoms with E-state index in [4.69, 9.17) is 42.4 Å². The molecule has 0 aliphatic carbocycles. The number of oxime groups is 2. The van der Waals surface area contributed by atoms with Gasteiger partial charge in [-0.05, 0) is 111 Å². The van der Waals surface area contributed by atoms with E-state index in [2.05, 4.69) is 52.6 Å². The fourth-order valence-electron chi connectivity index (χ4n) is 5.06. The Bertz CT molecular complexity index is 2050. The van der Waals surface area contributed by atoms with Crippen molar-refractivity contribution >= 4 is 35.6 Å². The first-order valence-corrected chi connectivity index (χ1v) is 16.6. The number of rotatable bonds is 10. The van der Waals surface area contributed by atoms with E-state index in [-0.39, 0.29) is 22.3 Å². The smallest absolute Gasteiger partial charge is 0.252 e. The second kappa shape index (κ2) is 16.9. The molecule has 6 rings (SSSR count). The summed E-state index contributed by atoms with van der Waals surface area (Å²) >= 11 is 11.4. The van der Waals surface area contributed by atoms with Crippen LogP contribution in [-0.4, -0.2) is 51.9 Å². The van der Waals surface area contributed by atoms with Crippen LogP contribution in [0.1, 0.15) is 44.8 Å². The van der Waals surface area contributed by atoms with Crippen LogP contribution < -0.4 is 19.1 Å². The van der Waals surface area contributed by atoms with Gasteiger partial charge in [-0.1, -0.05) is 22.4 Å². The Morgan fingerprint density at radius 2 is 0.942 bits per heavy atom. The van der Waals surface area contributed by atoms with Crippen LogP contribution in [0.3, 0.4) is 0 Å². The van der Waals surface area contributed by atoms with Crippen molar-refractivity contribution in [2.45, 2.75) is 41.5 Å². The molecule has 0 atom stereocenters. The van der Waals surface area contributed by atoms with Crippen molar-refractivity contribution in [3.63, 3.8) is 0 Å². The molecule has 14 nitrogen and oxygen atoms in total. The molecule has 0 unspecified atom stereocenters. The molecule has 0 amide bonds. The largest absolute Gasteiger partial charge is 0.439 e. The molecular formula is C36H36Cl2N10O4. The fraction of sp³-hybridized carbons (Fsp3) is 0.222. The summed E-state index contributed by atoms with van der Waals surface area (Å²) in [5, 5.41) is 16.9. The topological polar surface area (TPSA) is 149 Å². The Morgan fingerprint density at radius 1 is 0.577 bits per heavy atom. The third-order valence-electron chi connectivity index (χ3n) is 7.11. The van der Waals surface area contributed by atoms with Crippen LogP contribution in [0.25, 0.3) is 0 Å². The monoisotopic (exact) mass is 742 g/mol. The Hall–Kier alpha value is -5.86. The Kier molecular flexibility index (Phi) is 12.2. The van der Waals surface area contributed by atoms with Gasteiger partial charge in [-0.15, -0.1) is 0 Å². The van der Waals surface area contributed by atoms with Gasteiger partial charge in [0.05, 0.1) is 34.9 Å². The predicted molar refractivity (Wildman–Crippen MR) is 198 cm³/mol. The summed E-state index contributed by atoms with van der Waals surface area (Å²) in [7, 11) is 3.63. The summed E-state index contributed by atoms with van der Waals surface area (Å²) in [6, 6.07) is 15.2. The number of benzene rings is 2. The number of nitrogens with zero attached hydrogens (tertiary/aromatic N) is 10. The van der Waals surface area contributed by atoms with E-state index in [9.17, 15) is 0 Å². The first kappa shape index (κ1) is 37.4. The highest BCUT2D eigenvalue weighted by Gasteiger charge is 2.16. The van der Waals surface area contributed by atoms with Crippen LogP contribution in [0.5, 0.6) is 35.0 Å². The lowest BCUT2D eigenvalue weighted by Crippen LogP contribution is -1.98. The molecule has 0 saturated heterocycles. The van der Waals surface area contributed by atoms with E-state index >= 15 is 0 Å². The highest BCUT2D eigenvalue weighted by Crippen LogP contribution is 2.29. The van der Waals surface area contributed by atoms with Gasteiger partial charge in [0.2, 0.25) is 22.3 Å². The summed E-state index contributed by atoms with van der Waals surface area (Å²) < 4.78 is 15.4. The number of aryl methyl sites for hydroxylation is 8. The Balaban J connectivity index is 0.000000201. The van der Waals surface area contributed by atoms with Gasteiger partial charge >= 0.3 is 0 Å². The number of hydrogen-bond acceptors (Lipinski definition) is 12. The van der Waals surface area contributed by atoms with Gasteiger partial charge < -0.3 is 19.1 Å². The summed E-state index contributed by atoms with van der Waals surface area (Å²) in [5.74, 6) is 3.12. The van der Waals surface area contributed by atoms with Crippen molar-refractivity contribution < 1.29 is 19.1 Å². The first-order chi connectivity index (χ1) is 24.8. The van der Waals surface area contributed by atoms with Gasteiger partial charge in [0.1, 0.15) is 11.5 Å². The molecular weight excluding hydrogens is 707 g/mol. The minimum absolute atomic E-state index is 0.0918. The van der Waals surface area contributed by atoms with Gasteiger partial charge in [0, 0.05) is 38.6 Å². The molecule has 0 saturated carbocycles. The molecule has 2 aromatic carbocycles. The molecule has 0 aliphatic rings. The molecule has 4 aromatic heterocycles. The minimum Gasteiger partial charge on any atom is -0.439 e. The third-order valence-corrected chi connectivity index (χ3v) is 7.47. The minimum atomic E-state index is 0.0918. The second-order valence-electron chi connectivity index (χ2n) is 11.7. The summed E-state index contributed by atoms with van der Waals surface area (Å²) in [5.41, 5.74) is 7.45. The molecule has 4 heterocycles. The Labute approximate surface area is 310 Å². The van der Waals surface area contributed by atoms with Gasteiger partial charge in [0.15, 0.2) is 0 Å². The van der Waals surface area contributed by atoms with E-state index in [0.29, 0.717) is 22.9 Å². The van der Waals surface area contributed by atoms with Gasteiger partial charge in [0.25, 0.3) is 11.8 Å². The third kappa shape index (κ3) is 10.1. The van der Waals surface area contributed by atoms with Crippen LogP contribution in [0.15, 0.2) is 71.2 Å². The van der Waals surface area contributed by atoms with Crippen molar-refractivity contribution in [2.75, 3.05) is 0 Å². The molecule has 0 N–H and O–H groups in total. The zero-order chi connectivity index (χ0) is 37.4.